The van der Waals surface area contributed by atoms with Gasteiger partial charge >= 0.3 is 5.97 Å². The number of benzene rings is 1. The van der Waals surface area contributed by atoms with Crippen molar-refractivity contribution in [3.63, 3.8) is 0 Å². The Morgan fingerprint density at radius 2 is 2.12 bits per heavy atom. The smallest absolute Gasteiger partial charge is 0.335 e. The van der Waals surface area contributed by atoms with Gasteiger partial charge in [0, 0.05) is 0 Å². The summed E-state index contributed by atoms with van der Waals surface area (Å²) in [6.45, 7) is 4.62. The minimum Gasteiger partial charge on any atom is -0.494 e. The number of carbonyl (C=O) groups is 1. The van der Waals surface area contributed by atoms with Crippen LogP contribution in [0, 0.1) is 6.92 Å². The van der Waals surface area contributed by atoms with E-state index >= 15 is 0 Å². The first-order valence-electron chi connectivity index (χ1n) is 5.62. The standard InChI is InChI=1S/C13H18O3/c1-3-4-5-8-16-11-6-7-12(13(14)15)10(2)9-11/h6-7,9H,3-5,8H2,1-2H3,(H,14,15). The molecule has 3 nitrogen and oxygen atoms in total. The first-order valence-corrected chi connectivity index (χ1v) is 5.62. The van der Waals surface area contributed by atoms with Crippen molar-refractivity contribution in [3.8, 4) is 5.75 Å². The summed E-state index contributed by atoms with van der Waals surface area (Å²) < 4.78 is 5.53. The Morgan fingerprint density at radius 3 is 2.69 bits per heavy atom. The van der Waals surface area contributed by atoms with Gasteiger partial charge in [0.25, 0.3) is 0 Å². The SMILES string of the molecule is CCCCCOc1ccc(C(=O)O)c(C)c1. The quantitative estimate of drug-likeness (QED) is 0.751. The van der Waals surface area contributed by atoms with E-state index in [0.29, 0.717) is 12.2 Å². The Morgan fingerprint density at radius 1 is 1.38 bits per heavy atom. The molecule has 3 heteroatoms. The number of aryl methyl sites for hydroxylation is 1. The summed E-state index contributed by atoms with van der Waals surface area (Å²) in [5, 5.41) is 8.86. The second-order valence-corrected chi connectivity index (χ2v) is 3.84. The van der Waals surface area contributed by atoms with E-state index in [1.54, 1.807) is 25.1 Å². The molecule has 0 radical (unpaired) electrons. The lowest BCUT2D eigenvalue weighted by Gasteiger charge is -2.07. The van der Waals surface area contributed by atoms with Crippen molar-refractivity contribution in [3.05, 3.63) is 29.3 Å². The Kier molecular flexibility index (Phi) is 4.83. The normalized spacial score (nSPS) is 10.1. The molecule has 0 amide bonds. The molecule has 0 heterocycles. The summed E-state index contributed by atoms with van der Waals surface area (Å²) in [6.07, 6.45) is 3.36. The molecule has 1 rings (SSSR count). The predicted molar refractivity (Wildman–Crippen MR) is 63.2 cm³/mol. The maximum atomic E-state index is 10.8. The fourth-order valence-corrected chi connectivity index (χ4v) is 1.51. The van der Waals surface area contributed by atoms with Crippen molar-refractivity contribution in [2.24, 2.45) is 0 Å². The Balaban J connectivity index is 2.56. The third-order valence-corrected chi connectivity index (χ3v) is 2.44. The van der Waals surface area contributed by atoms with E-state index in [-0.39, 0.29) is 0 Å². The van der Waals surface area contributed by atoms with Gasteiger partial charge in [0.15, 0.2) is 0 Å². The van der Waals surface area contributed by atoms with Crippen LogP contribution in [-0.2, 0) is 0 Å². The van der Waals surface area contributed by atoms with Crippen molar-refractivity contribution < 1.29 is 14.6 Å². The monoisotopic (exact) mass is 222 g/mol. The van der Waals surface area contributed by atoms with E-state index < -0.39 is 5.97 Å². The maximum absolute atomic E-state index is 10.8. The number of rotatable bonds is 6. The van der Waals surface area contributed by atoms with Crippen LogP contribution in [0.2, 0.25) is 0 Å². The first-order chi connectivity index (χ1) is 7.65. The lowest BCUT2D eigenvalue weighted by Crippen LogP contribution is -2.01. The molecule has 88 valence electrons. The average Bonchev–Trinajstić information content (AvgIpc) is 2.24. The van der Waals surface area contributed by atoms with E-state index in [0.717, 1.165) is 24.2 Å². The van der Waals surface area contributed by atoms with E-state index in [9.17, 15) is 4.79 Å². The molecule has 1 N–H and O–H groups in total. The molecular weight excluding hydrogens is 204 g/mol. The highest BCUT2D eigenvalue weighted by molar-refractivity contribution is 5.89. The van der Waals surface area contributed by atoms with Gasteiger partial charge in [-0.15, -0.1) is 0 Å². The van der Waals surface area contributed by atoms with E-state index in [1.807, 2.05) is 0 Å². The largest absolute Gasteiger partial charge is 0.494 e. The van der Waals surface area contributed by atoms with E-state index in [1.165, 1.54) is 6.42 Å². The zero-order chi connectivity index (χ0) is 12.0. The van der Waals surface area contributed by atoms with Crippen molar-refractivity contribution >= 4 is 5.97 Å². The van der Waals surface area contributed by atoms with Gasteiger partial charge in [0.1, 0.15) is 5.75 Å². The van der Waals surface area contributed by atoms with Crippen LogP contribution in [0.4, 0.5) is 0 Å². The predicted octanol–water partition coefficient (Wildman–Crippen LogP) is 3.26. The van der Waals surface area contributed by atoms with Gasteiger partial charge < -0.3 is 9.84 Å². The maximum Gasteiger partial charge on any atom is 0.335 e. The number of hydrogen-bond acceptors (Lipinski definition) is 2. The number of aromatic carboxylic acids is 1. The van der Waals surface area contributed by atoms with Crippen LogP contribution in [0.25, 0.3) is 0 Å². The van der Waals surface area contributed by atoms with Crippen molar-refractivity contribution in [2.75, 3.05) is 6.61 Å². The third-order valence-electron chi connectivity index (χ3n) is 2.44. The van der Waals surface area contributed by atoms with Crippen molar-refractivity contribution in [2.45, 2.75) is 33.1 Å². The van der Waals surface area contributed by atoms with Gasteiger partial charge in [-0.3, -0.25) is 0 Å². The molecule has 0 atom stereocenters. The average molecular weight is 222 g/mol. The molecule has 0 saturated heterocycles. The lowest BCUT2D eigenvalue weighted by atomic mass is 10.1. The highest BCUT2D eigenvalue weighted by atomic mass is 16.5. The summed E-state index contributed by atoms with van der Waals surface area (Å²) in [4.78, 5) is 10.8. The van der Waals surface area contributed by atoms with Crippen LogP contribution in [0.1, 0.15) is 42.1 Å². The summed E-state index contributed by atoms with van der Waals surface area (Å²) in [6, 6.07) is 5.07. The fraction of sp³-hybridized carbons (Fsp3) is 0.462. The van der Waals surface area contributed by atoms with E-state index in [4.69, 9.17) is 9.84 Å². The Labute approximate surface area is 96.1 Å². The van der Waals surface area contributed by atoms with Gasteiger partial charge in [0.05, 0.1) is 12.2 Å². The van der Waals surface area contributed by atoms with Gasteiger partial charge in [-0.25, -0.2) is 4.79 Å². The second-order valence-electron chi connectivity index (χ2n) is 3.84. The molecule has 0 saturated carbocycles. The van der Waals surface area contributed by atoms with Crippen LogP contribution in [0.3, 0.4) is 0 Å². The molecular formula is C13H18O3. The minimum atomic E-state index is -0.893. The molecule has 0 fully saturated rings. The summed E-state index contributed by atoms with van der Waals surface area (Å²) in [7, 11) is 0. The van der Waals surface area contributed by atoms with Gasteiger partial charge in [-0.1, -0.05) is 19.8 Å². The van der Waals surface area contributed by atoms with Gasteiger partial charge in [0.2, 0.25) is 0 Å². The molecule has 0 aromatic heterocycles. The highest BCUT2D eigenvalue weighted by Gasteiger charge is 2.07. The number of hydrogen-bond donors (Lipinski definition) is 1. The van der Waals surface area contributed by atoms with Crippen LogP contribution in [0.5, 0.6) is 5.75 Å². The molecule has 0 aliphatic heterocycles. The van der Waals surface area contributed by atoms with Gasteiger partial charge in [-0.05, 0) is 37.1 Å². The molecule has 1 aromatic rings. The second kappa shape index (κ2) is 6.16. The van der Waals surface area contributed by atoms with Crippen LogP contribution in [-0.4, -0.2) is 17.7 Å². The number of unbranched alkanes of at least 4 members (excludes halogenated alkanes) is 2. The number of carboxylic acids is 1. The van der Waals surface area contributed by atoms with E-state index in [2.05, 4.69) is 6.92 Å². The van der Waals surface area contributed by atoms with Gasteiger partial charge in [-0.2, -0.15) is 0 Å². The zero-order valence-corrected chi connectivity index (χ0v) is 9.82. The molecule has 0 aliphatic carbocycles. The summed E-state index contributed by atoms with van der Waals surface area (Å²) >= 11 is 0. The Hall–Kier alpha value is -1.51. The highest BCUT2D eigenvalue weighted by Crippen LogP contribution is 2.17. The molecule has 16 heavy (non-hydrogen) atoms. The van der Waals surface area contributed by atoms with Crippen molar-refractivity contribution in [1.82, 2.24) is 0 Å². The van der Waals surface area contributed by atoms with Crippen LogP contribution >= 0.6 is 0 Å². The summed E-state index contributed by atoms with van der Waals surface area (Å²) in [5.74, 6) is -0.145. The lowest BCUT2D eigenvalue weighted by molar-refractivity contribution is 0.0696. The molecule has 1 aromatic carbocycles. The first kappa shape index (κ1) is 12.6. The van der Waals surface area contributed by atoms with Crippen molar-refractivity contribution in [1.29, 1.82) is 0 Å². The molecule has 0 unspecified atom stereocenters. The minimum absolute atomic E-state index is 0.334. The van der Waals surface area contributed by atoms with Crippen LogP contribution < -0.4 is 4.74 Å². The zero-order valence-electron chi connectivity index (χ0n) is 9.82. The fourth-order valence-electron chi connectivity index (χ4n) is 1.51. The summed E-state index contributed by atoms with van der Waals surface area (Å²) in [5.41, 5.74) is 1.07. The number of carboxylic acid groups (broad SMARTS) is 1. The molecule has 0 aliphatic rings. The molecule has 0 bridgehead atoms. The third kappa shape index (κ3) is 3.57. The topological polar surface area (TPSA) is 46.5 Å². The van der Waals surface area contributed by atoms with Crippen LogP contribution in [0.15, 0.2) is 18.2 Å². The molecule has 0 spiro atoms. The number of ether oxygens (including phenoxy) is 1. The Bertz CT molecular complexity index is 358.